The van der Waals surface area contributed by atoms with E-state index in [1.165, 1.54) is 17.2 Å². The van der Waals surface area contributed by atoms with Crippen molar-refractivity contribution in [3.8, 4) is 0 Å². The molecule has 1 N–H and O–H groups in total. The van der Waals surface area contributed by atoms with Crippen LogP contribution in [0, 0.1) is 11.6 Å². The van der Waals surface area contributed by atoms with E-state index in [-0.39, 0.29) is 17.6 Å². The second-order valence-electron chi connectivity index (χ2n) is 6.13. The molecule has 2 aromatic rings. The topological polar surface area (TPSA) is 32.3 Å². The summed E-state index contributed by atoms with van der Waals surface area (Å²) in [6.45, 7) is 3.26. The van der Waals surface area contributed by atoms with Crippen molar-refractivity contribution < 1.29 is 13.6 Å². The van der Waals surface area contributed by atoms with E-state index in [4.69, 9.17) is 0 Å². The molecule has 1 amide bonds. The summed E-state index contributed by atoms with van der Waals surface area (Å²) in [6, 6.07) is 13.2. The molecule has 2 aromatic carbocycles. The van der Waals surface area contributed by atoms with E-state index < -0.39 is 11.6 Å². The molecular weight excluding hydrogens is 322 g/mol. The summed E-state index contributed by atoms with van der Waals surface area (Å²) in [5.74, 6) is -2.14. The van der Waals surface area contributed by atoms with Gasteiger partial charge in [-0.15, -0.1) is 0 Å². The minimum absolute atomic E-state index is 0.234. The van der Waals surface area contributed by atoms with Gasteiger partial charge in [-0.05, 0) is 36.6 Å². The van der Waals surface area contributed by atoms with Crippen LogP contribution in [-0.4, -0.2) is 29.9 Å². The number of halogens is 2. The van der Waals surface area contributed by atoms with E-state index in [1.807, 2.05) is 25.1 Å². The fraction of sp³-hybridized carbons (Fsp3) is 0.250. The highest BCUT2D eigenvalue weighted by molar-refractivity contribution is 5.94. The highest BCUT2D eigenvalue weighted by Gasteiger charge is 2.23. The van der Waals surface area contributed by atoms with E-state index >= 15 is 0 Å². The monoisotopic (exact) mass is 342 g/mol. The quantitative estimate of drug-likeness (QED) is 0.908. The third-order valence-electron chi connectivity index (χ3n) is 4.50. The Hall–Kier alpha value is -2.53. The van der Waals surface area contributed by atoms with Crippen molar-refractivity contribution in [3.05, 3.63) is 71.8 Å². The maximum Gasteiger partial charge on any atom is 0.241 e. The van der Waals surface area contributed by atoms with Crippen LogP contribution >= 0.6 is 0 Å². The first-order chi connectivity index (χ1) is 12.0. The Labute approximate surface area is 146 Å². The van der Waals surface area contributed by atoms with Crippen LogP contribution in [0.2, 0.25) is 0 Å². The zero-order chi connectivity index (χ0) is 17.8. The largest absolute Gasteiger partial charge is 0.325 e. The number of amides is 1. The second-order valence-corrected chi connectivity index (χ2v) is 6.13. The summed E-state index contributed by atoms with van der Waals surface area (Å²) in [5.41, 5.74) is 2.75. The number of carbonyl (C=O) groups excluding carboxylic acids is 1. The lowest BCUT2D eigenvalue weighted by Gasteiger charge is -2.31. The number of hydrogen-bond acceptors (Lipinski definition) is 2. The average Bonchev–Trinajstić information content (AvgIpc) is 2.65. The van der Waals surface area contributed by atoms with Crippen LogP contribution in [-0.2, 0) is 4.79 Å². The first-order valence-electron chi connectivity index (χ1n) is 8.29. The molecule has 0 radical (unpaired) electrons. The van der Waals surface area contributed by atoms with Gasteiger partial charge in [-0.1, -0.05) is 36.4 Å². The van der Waals surface area contributed by atoms with Crippen molar-refractivity contribution >= 4 is 17.2 Å². The van der Waals surface area contributed by atoms with E-state index in [9.17, 15) is 13.6 Å². The van der Waals surface area contributed by atoms with E-state index in [2.05, 4.69) is 28.4 Å². The van der Waals surface area contributed by atoms with Gasteiger partial charge in [0.1, 0.15) is 0 Å². The Balaban J connectivity index is 1.61. The molecule has 3 nitrogen and oxygen atoms in total. The van der Waals surface area contributed by atoms with Crippen molar-refractivity contribution in [2.45, 2.75) is 19.4 Å². The number of hydrogen-bond donors (Lipinski definition) is 1. The van der Waals surface area contributed by atoms with Crippen LogP contribution in [0.4, 0.5) is 14.5 Å². The average molecular weight is 342 g/mol. The predicted octanol–water partition coefficient (Wildman–Crippen LogP) is 4.08. The zero-order valence-electron chi connectivity index (χ0n) is 14.0. The third-order valence-corrected chi connectivity index (χ3v) is 4.50. The maximum atomic E-state index is 13.2. The Morgan fingerprint density at radius 1 is 1.12 bits per heavy atom. The molecule has 0 aliphatic carbocycles. The molecule has 0 aromatic heterocycles. The van der Waals surface area contributed by atoms with Gasteiger partial charge in [-0.25, -0.2) is 8.78 Å². The molecule has 0 saturated carbocycles. The van der Waals surface area contributed by atoms with Gasteiger partial charge in [0.15, 0.2) is 11.6 Å². The van der Waals surface area contributed by atoms with Gasteiger partial charge in [0.25, 0.3) is 0 Å². The lowest BCUT2D eigenvalue weighted by atomic mass is 9.99. The molecule has 130 valence electrons. The first kappa shape index (κ1) is 17.3. The summed E-state index contributed by atoms with van der Waals surface area (Å²) in [5, 5.41) is 2.64. The standard InChI is InChI=1S/C20H20F2N2O/c1-14(20(25)23-17-7-8-18(21)19(22)13-17)24-11-9-16(10-12-24)15-5-3-2-4-6-15/h2-9,13-14H,10-12H2,1H3,(H,23,25)/t14-/m1/s1. The van der Waals surface area contributed by atoms with E-state index in [0.29, 0.717) is 6.54 Å². The van der Waals surface area contributed by atoms with Crippen molar-refractivity contribution in [1.82, 2.24) is 4.90 Å². The van der Waals surface area contributed by atoms with Crippen molar-refractivity contribution in [3.63, 3.8) is 0 Å². The minimum Gasteiger partial charge on any atom is -0.325 e. The second kappa shape index (κ2) is 7.57. The summed E-state index contributed by atoms with van der Waals surface area (Å²) in [6.07, 6.45) is 3.01. The molecule has 1 atom stereocenters. The van der Waals surface area contributed by atoms with E-state index in [1.54, 1.807) is 0 Å². The first-order valence-corrected chi connectivity index (χ1v) is 8.29. The fourth-order valence-corrected chi connectivity index (χ4v) is 2.94. The highest BCUT2D eigenvalue weighted by Crippen LogP contribution is 2.23. The lowest BCUT2D eigenvalue weighted by Crippen LogP contribution is -2.44. The molecule has 0 saturated heterocycles. The van der Waals surface area contributed by atoms with Crippen LogP contribution in [0.3, 0.4) is 0 Å². The van der Waals surface area contributed by atoms with Gasteiger partial charge in [0.2, 0.25) is 5.91 Å². The molecule has 0 fully saturated rings. The normalized spacial score (nSPS) is 16.2. The van der Waals surface area contributed by atoms with Crippen LogP contribution in [0.15, 0.2) is 54.6 Å². The molecule has 5 heteroatoms. The molecule has 0 bridgehead atoms. The lowest BCUT2D eigenvalue weighted by molar-refractivity contribution is -0.120. The fourth-order valence-electron chi connectivity index (χ4n) is 2.94. The Morgan fingerprint density at radius 3 is 2.52 bits per heavy atom. The zero-order valence-corrected chi connectivity index (χ0v) is 14.0. The molecule has 1 aliphatic heterocycles. The Morgan fingerprint density at radius 2 is 1.88 bits per heavy atom. The van der Waals surface area contributed by atoms with Crippen LogP contribution in [0.5, 0.6) is 0 Å². The SMILES string of the molecule is C[C@H](C(=O)Nc1ccc(F)c(F)c1)N1CC=C(c2ccccc2)CC1. The number of benzene rings is 2. The number of nitrogens with one attached hydrogen (secondary N) is 1. The van der Waals surface area contributed by atoms with Gasteiger partial charge >= 0.3 is 0 Å². The smallest absolute Gasteiger partial charge is 0.241 e. The molecule has 3 rings (SSSR count). The van der Waals surface area contributed by atoms with E-state index in [0.717, 1.165) is 25.1 Å². The number of rotatable bonds is 4. The summed E-state index contributed by atoms with van der Waals surface area (Å²) < 4.78 is 26.2. The molecule has 25 heavy (non-hydrogen) atoms. The number of nitrogens with zero attached hydrogens (tertiary/aromatic N) is 1. The van der Waals surface area contributed by atoms with Crippen LogP contribution in [0.1, 0.15) is 18.9 Å². The Bertz CT molecular complexity index is 790. The summed E-state index contributed by atoms with van der Waals surface area (Å²) >= 11 is 0. The maximum absolute atomic E-state index is 13.2. The molecule has 0 unspecified atom stereocenters. The van der Waals surface area contributed by atoms with Crippen molar-refractivity contribution in [2.24, 2.45) is 0 Å². The summed E-state index contributed by atoms with van der Waals surface area (Å²) in [4.78, 5) is 14.4. The molecule has 1 aliphatic rings. The van der Waals surface area contributed by atoms with Gasteiger partial charge < -0.3 is 5.32 Å². The minimum atomic E-state index is -0.973. The predicted molar refractivity (Wildman–Crippen MR) is 95.1 cm³/mol. The van der Waals surface area contributed by atoms with Gasteiger partial charge in [0, 0.05) is 24.8 Å². The van der Waals surface area contributed by atoms with Crippen molar-refractivity contribution in [2.75, 3.05) is 18.4 Å². The van der Waals surface area contributed by atoms with Gasteiger partial charge in [-0.2, -0.15) is 0 Å². The third kappa shape index (κ3) is 4.12. The molecule has 0 spiro atoms. The number of anilines is 1. The van der Waals surface area contributed by atoms with Crippen molar-refractivity contribution in [1.29, 1.82) is 0 Å². The number of carbonyl (C=O) groups is 1. The van der Waals surface area contributed by atoms with Crippen LogP contribution in [0.25, 0.3) is 5.57 Å². The molecule has 1 heterocycles. The van der Waals surface area contributed by atoms with Crippen LogP contribution < -0.4 is 5.32 Å². The van der Waals surface area contributed by atoms with Gasteiger partial charge in [-0.3, -0.25) is 9.69 Å². The molecular formula is C20H20F2N2O. The van der Waals surface area contributed by atoms with Gasteiger partial charge in [0.05, 0.1) is 6.04 Å². The summed E-state index contributed by atoms with van der Waals surface area (Å²) in [7, 11) is 0. The Kier molecular flexibility index (Phi) is 5.24. The highest BCUT2D eigenvalue weighted by atomic mass is 19.2.